The van der Waals surface area contributed by atoms with E-state index < -0.39 is 0 Å². The first-order valence-corrected chi connectivity index (χ1v) is 10.1. The maximum atomic E-state index is 12.5. The fourth-order valence-corrected chi connectivity index (χ4v) is 4.50. The van der Waals surface area contributed by atoms with Crippen LogP contribution in [0.4, 0.5) is 0 Å². The second-order valence-electron chi connectivity index (χ2n) is 7.15. The zero-order valence-electron chi connectivity index (χ0n) is 15.2. The Morgan fingerprint density at radius 3 is 2.93 bits per heavy atom. The average Bonchev–Trinajstić information content (AvgIpc) is 3.33. The molecule has 0 aliphatic carbocycles. The molecule has 0 radical (unpaired) electrons. The van der Waals surface area contributed by atoms with Crippen LogP contribution < -0.4 is 5.56 Å². The number of carbonyl (C=O) groups is 2. The second kappa shape index (κ2) is 7.26. The summed E-state index contributed by atoms with van der Waals surface area (Å²) < 4.78 is 0. The van der Waals surface area contributed by atoms with Crippen LogP contribution in [0.25, 0.3) is 0 Å². The third-order valence-corrected chi connectivity index (χ3v) is 6.25. The van der Waals surface area contributed by atoms with Gasteiger partial charge in [0.2, 0.25) is 11.8 Å². The van der Waals surface area contributed by atoms with Crippen LogP contribution in [0, 0.1) is 0 Å². The van der Waals surface area contributed by atoms with Gasteiger partial charge in [-0.05, 0) is 24.3 Å². The van der Waals surface area contributed by atoms with E-state index in [0.29, 0.717) is 56.1 Å². The summed E-state index contributed by atoms with van der Waals surface area (Å²) in [5.41, 5.74) is 1.26. The van der Waals surface area contributed by atoms with Crippen LogP contribution in [-0.2, 0) is 29.0 Å². The Kier molecular flexibility index (Phi) is 4.82. The van der Waals surface area contributed by atoms with Crippen molar-refractivity contribution < 1.29 is 9.59 Å². The van der Waals surface area contributed by atoms with E-state index in [9.17, 15) is 14.4 Å². The van der Waals surface area contributed by atoms with E-state index in [1.807, 2.05) is 22.4 Å². The number of aromatic amines is 1. The van der Waals surface area contributed by atoms with E-state index >= 15 is 0 Å². The normalized spacial score (nSPS) is 19.2. The monoisotopic (exact) mass is 386 g/mol. The summed E-state index contributed by atoms with van der Waals surface area (Å²) >= 11 is 1.59. The standard InChI is InChI=1S/C19H22N4O3S/c1-12(24)22-7-5-15-16(11-22)20-18(21-19(15)26)13-4-6-23(10-13)17(25)9-14-3-2-8-27-14/h2-3,8,13H,4-7,9-11H2,1H3,(H,20,21,26)/t13-/m1/s1. The number of nitrogens with zero attached hydrogens (tertiary/aromatic N) is 3. The molecule has 1 N–H and O–H groups in total. The summed E-state index contributed by atoms with van der Waals surface area (Å²) in [6.07, 6.45) is 1.74. The third-order valence-electron chi connectivity index (χ3n) is 5.37. The molecular formula is C19H22N4O3S. The number of hydrogen-bond acceptors (Lipinski definition) is 5. The van der Waals surface area contributed by atoms with Crippen LogP contribution in [0.2, 0.25) is 0 Å². The van der Waals surface area contributed by atoms with Crippen molar-refractivity contribution in [1.29, 1.82) is 0 Å². The number of carbonyl (C=O) groups excluding carboxylic acids is 2. The molecule has 1 saturated heterocycles. The lowest BCUT2D eigenvalue weighted by molar-refractivity contribution is -0.130. The molecule has 2 aliphatic heterocycles. The number of thiophene rings is 1. The van der Waals surface area contributed by atoms with Crippen molar-refractivity contribution in [3.05, 3.63) is 49.8 Å². The molecule has 2 aromatic rings. The van der Waals surface area contributed by atoms with E-state index in [-0.39, 0.29) is 23.3 Å². The molecule has 1 atom stereocenters. The van der Waals surface area contributed by atoms with Crippen LogP contribution in [0.3, 0.4) is 0 Å². The van der Waals surface area contributed by atoms with Gasteiger partial charge in [0, 0.05) is 42.9 Å². The summed E-state index contributed by atoms with van der Waals surface area (Å²) in [6.45, 7) is 3.72. The molecule has 8 heteroatoms. The van der Waals surface area contributed by atoms with Gasteiger partial charge < -0.3 is 14.8 Å². The summed E-state index contributed by atoms with van der Waals surface area (Å²) in [7, 11) is 0. The molecule has 142 valence electrons. The van der Waals surface area contributed by atoms with Crippen molar-refractivity contribution in [2.24, 2.45) is 0 Å². The van der Waals surface area contributed by atoms with Gasteiger partial charge in [0.15, 0.2) is 0 Å². The average molecular weight is 386 g/mol. The van der Waals surface area contributed by atoms with Crippen LogP contribution in [0.1, 0.15) is 41.2 Å². The molecule has 7 nitrogen and oxygen atoms in total. The SMILES string of the molecule is CC(=O)N1CCc2c(nc([C@@H]3CCN(C(=O)Cc4cccs4)C3)[nH]c2=O)C1. The molecule has 2 aliphatic rings. The Morgan fingerprint density at radius 1 is 1.33 bits per heavy atom. The van der Waals surface area contributed by atoms with Crippen molar-refractivity contribution in [2.45, 2.75) is 38.6 Å². The van der Waals surface area contributed by atoms with Gasteiger partial charge in [0.25, 0.3) is 5.56 Å². The molecule has 0 spiro atoms. The van der Waals surface area contributed by atoms with Crippen LogP contribution >= 0.6 is 11.3 Å². The van der Waals surface area contributed by atoms with Crippen molar-refractivity contribution in [3.8, 4) is 0 Å². The van der Waals surface area contributed by atoms with Gasteiger partial charge in [-0.25, -0.2) is 4.98 Å². The molecule has 2 amide bonds. The molecule has 0 bridgehead atoms. The highest BCUT2D eigenvalue weighted by atomic mass is 32.1. The number of H-pyrrole nitrogens is 1. The lowest BCUT2D eigenvalue weighted by Crippen LogP contribution is -2.38. The number of fused-ring (bicyclic) bond motifs is 1. The molecule has 2 aromatic heterocycles. The first-order chi connectivity index (χ1) is 13.0. The van der Waals surface area contributed by atoms with Gasteiger partial charge in [0.1, 0.15) is 5.82 Å². The maximum Gasteiger partial charge on any atom is 0.254 e. The Bertz CT molecular complexity index is 922. The quantitative estimate of drug-likeness (QED) is 0.861. The maximum absolute atomic E-state index is 12.5. The summed E-state index contributed by atoms with van der Waals surface area (Å²) in [4.78, 5) is 48.8. The van der Waals surface area contributed by atoms with Gasteiger partial charge in [-0.2, -0.15) is 0 Å². The second-order valence-corrected chi connectivity index (χ2v) is 8.18. The van der Waals surface area contributed by atoms with Gasteiger partial charge >= 0.3 is 0 Å². The topological polar surface area (TPSA) is 86.4 Å². The molecule has 27 heavy (non-hydrogen) atoms. The Balaban J connectivity index is 1.49. The van der Waals surface area contributed by atoms with Crippen molar-refractivity contribution in [2.75, 3.05) is 19.6 Å². The van der Waals surface area contributed by atoms with Crippen LogP contribution in [0.15, 0.2) is 22.3 Å². The van der Waals surface area contributed by atoms with Crippen LogP contribution in [0.5, 0.6) is 0 Å². The van der Waals surface area contributed by atoms with Gasteiger partial charge in [-0.3, -0.25) is 14.4 Å². The van der Waals surface area contributed by atoms with Crippen molar-refractivity contribution >= 4 is 23.2 Å². The van der Waals surface area contributed by atoms with E-state index in [1.54, 1.807) is 16.2 Å². The minimum atomic E-state index is -0.110. The Hall–Kier alpha value is -2.48. The van der Waals surface area contributed by atoms with Crippen molar-refractivity contribution in [1.82, 2.24) is 19.8 Å². The smallest absolute Gasteiger partial charge is 0.254 e. The molecule has 1 fully saturated rings. The highest BCUT2D eigenvalue weighted by molar-refractivity contribution is 7.10. The molecule has 4 rings (SSSR count). The molecule has 0 saturated carbocycles. The van der Waals surface area contributed by atoms with E-state index in [4.69, 9.17) is 0 Å². The summed E-state index contributed by atoms with van der Waals surface area (Å²) in [6, 6.07) is 3.92. The molecule has 0 aromatic carbocycles. The highest BCUT2D eigenvalue weighted by Crippen LogP contribution is 2.26. The van der Waals surface area contributed by atoms with Gasteiger partial charge in [0.05, 0.1) is 18.7 Å². The fourth-order valence-electron chi connectivity index (χ4n) is 3.80. The minimum Gasteiger partial charge on any atom is -0.342 e. The number of rotatable bonds is 3. The Morgan fingerprint density at radius 2 is 2.19 bits per heavy atom. The molecular weight excluding hydrogens is 364 g/mol. The minimum absolute atomic E-state index is 0.00417. The lowest BCUT2D eigenvalue weighted by Gasteiger charge is -2.27. The lowest BCUT2D eigenvalue weighted by atomic mass is 10.0. The van der Waals surface area contributed by atoms with E-state index in [0.717, 1.165) is 11.3 Å². The summed E-state index contributed by atoms with van der Waals surface area (Å²) in [5.74, 6) is 0.775. The Labute approximate surface area is 161 Å². The zero-order valence-corrected chi connectivity index (χ0v) is 16.1. The fraction of sp³-hybridized carbons (Fsp3) is 0.474. The summed E-state index contributed by atoms with van der Waals surface area (Å²) in [5, 5.41) is 1.97. The number of hydrogen-bond donors (Lipinski definition) is 1. The number of amides is 2. The highest BCUT2D eigenvalue weighted by Gasteiger charge is 2.31. The first kappa shape index (κ1) is 17.9. The van der Waals surface area contributed by atoms with E-state index in [1.165, 1.54) is 6.92 Å². The number of likely N-dealkylation sites (tertiary alicyclic amines) is 1. The van der Waals surface area contributed by atoms with Crippen molar-refractivity contribution in [3.63, 3.8) is 0 Å². The van der Waals surface area contributed by atoms with Crippen LogP contribution in [-0.4, -0.2) is 51.2 Å². The number of aromatic nitrogens is 2. The molecule has 0 unspecified atom stereocenters. The predicted molar refractivity (Wildman–Crippen MR) is 102 cm³/mol. The van der Waals surface area contributed by atoms with Gasteiger partial charge in [-0.15, -0.1) is 11.3 Å². The zero-order chi connectivity index (χ0) is 19.0. The first-order valence-electron chi connectivity index (χ1n) is 9.19. The molecule has 4 heterocycles. The predicted octanol–water partition coefficient (Wildman–Crippen LogP) is 1.29. The third kappa shape index (κ3) is 3.66. The van der Waals surface area contributed by atoms with E-state index in [2.05, 4.69) is 9.97 Å². The van der Waals surface area contributed by atoms with Gasteiger partial charge in [-0.1, -0.05) is 6.07 Å². The number of nitrogens with one attached hydrogen (secondary N) is 1. The largest absolute Gasteiger partial charge is 0.342 e.